The van der Waals surface area contributed by atoms with Gasteiger partial charge in [0.15, 0.2) is 0 Å². The standard InChI is InChI=1S/C22H19N3O/c26-22(15-17-14-21-20(24-16-17)12-7-13-23-21)25(18-8-3-1-4-9-18)19-10-5-2-6-11-19/h1-13,16-17H,14-15H2. The van der Waals surface area contributed by atoms with Crippen LogP contribution in [0.25, 0.3) is 0 Å². The molecule has 0 N–H and O–H groups in total. The lowest BCUT2D eigenvalue weighted by molar-refractivity contribution is -0.118. The van der Waals surface area contributed by atoms with Crippen LogP contribution in [0.15, 0.2) is 84.0 Å². The Morgan fingerprint density at radius 1 is 0.923 bits per heavy atom. The number of benzene rings is 2. The zero-order valence-corrected chi connectivity index (χ0v) is 14.3. The summed E-state index contributed by atoms with van der Waals surface area (Å²) in [6, 6.07) is 23.3. The number of hydrogen-bond donors (Lipinski definition) is 0. The number of aromatic nitrogens is 1. The molecule has 0 radical (unpaired) electrons. The Labute approximate surface area is 152 Å². The lowest BCUT2D eigenvalue weighted by Gasteiger charge is -2.25. The van der Waals surface area contributed by atoms with Crippen LogP contribution in [0.3, 0.4) is 0 Å². The molecule has 1 aliphatic heterocycles. The Morgan fingerprint density at radius 2 is 1.58 bits per heavy atom. The summed E-state index contributed by atoms with van der Waals surface area (Å²) in [5.74, 6) is 0.109. The smallest absolute Gasteiger partial charge is 0.232 e. The van der Waals surface area contributed by atoms with Gasteiger partial charge in [0, 0.05) is 42.5 Å². The minimum Gasteiger partial charge on any atom is -0.281 e. The van der Waals surface area contributed by atoms with Gasteiger partial charge in [-0.3, -0.25) is 19.7 Å². The van der Waals surface area contributed by atoms with E-state index < -0.39 is 0 Å². The highest BCUT2D eigenvalue weighted by Gasteiger charge is 2.24. The topological polar surface area (TPSA) is 45.6 Å². The molecular formula is C22H19N3O. The molecule has 1 aromatic heterocycles. The zero-order chi connectivity index (χ0) is 17.8. The Kier molecular flexibility index (Phi) is 4.56. The Hall–Kier alpha value is -3.27. The van der Waals surface area contributed by atoms with Crippen LogP contribution in [0.5, 0.6) is 0 Å². The molecule has 128 valence electrons. The summed E-state index contributed by atoms with van der Waals surface area (Å²) in [6.45, 7) is 0. The summed E-state index contributed by atoms with van der Waals surface area (Å²) < 4.78 is 0. The highest BCUT2D eigenvalue weighted by molar-refractivity contribution is 6.01. The van der Waals surface area contributed by atoms with Crippen LogP contribution in [0.2, 0.25) is 0 Å². The molecule has 2 heterocycles. The third kappa shape index (κ3) is 3.40. The van der Waals surface area contributed by atoms with Gasteiger partial charge in [-0.15, -0.1) is 0 Å². The van der Waals surface area contributed by atoms with Crippen LogP contribution in [0, 0.1) is 5.92 Å². The van der Waals surface area contributed by atoms with Crippen molar-refractivity contribution in [2.75, 3.05) is 4.90 Å². The van der Waals surface area contributed by atoms with Crippen LogP contribution >= 0.6 is 0 Å². The van der Waals surface area contributed by atoms with Gasteiger partial charge in [0.1, 0.15) is 0 Å². The van der Waals surface area contributed by atoms with Crippen LogP contribution in [0.4, 0.5) is 17.1 Å². The number of carbonyl (C=O) groups is 1. The van der Waals surface area contributed by atoms with E-state index in [4.69, 9.17) is 0 Å². The molecule has 4 heteroatoms. The van der Waals surface area contributed by atoms with Crippen molar-refractivity contribution >= 4 is 29.2 Å². The molecule has 1 aliphatic rings. The van der Waals surface area contributed by atoms with Crippen molar-refractivity contribution in [3.63, 3.8) is 0 Å². The molecule has 26 heavy (non-hydrogen) atoms. The van der Waals surface area contributed by atoms with Crippen molar-refractivity contribution in [2.24, 2.45) is 10.9 Å². The number of fused-ring (bicyclic) bond motifs is 1. The monoisotopic (exact) mass is 341 g/mol. The number of rotatable bonds is 4. The van der Waals surface area contributed by atoms with E-state index in [1.54, 1.807) is 11.1 Å². The lowest BCUT2D eigenvalue weighted by Crippen LogP contribution is -2.29. The molecular weight excluding hydrogens is 322 g/mol. The predicted molar refractivity (Wildman–Crippen MR) is 104 cm³/mol. The van der Waals surface area contributed by atoms with Gasteiger partial charge < -0.3 is 0 Å². The maximum atomic E-state index is 13.2. The van der Waals surface area contributed by atoms with Gasteiger partial charge in [0.2, 0.25) is 5.91 Å². The second-order valence-electron chi connectivity index (χ2n) is 6.32. The fourth-order valence-corrected chi connectivity index (χ4v) is 3.22. The third-order valence-electron chi connectivity index (χ3n) is 4.46. The molecule has 0 spiro atoms. The molecule has 4 rings (SSSR count). The number of anilines is 2. The second kappa shape index (κ2) is 7.31. The van der Waals surface area contributed by atoms with Crippen molar-refractivity contribution in [3.05, 3.63) is 84.7 Å². The molecule has 0 saturated heterocycles. The van der Waals surface area contributed by atoms with E-state index in [2.05, 4.69) is 9.98 Å². The molecule has 1 unspecified atom stereocenters. The summed E-state index contributed by atoms with van der Waals surface area (Å²) in [5, 5.41) is 0. The first-order valence-corrected chi connectivity index (χ1v) is 8.72. The van der Waals surface area contributed by atoms with Gasteiger partial charge in [-0.05, 0) is 36.4 Å². The molecule has 3 aromatic rings. The van der Waals surface area contributed by atoms with Gasteiger partial charge in [-0.2, -0.15) is 0 Å². The van der Waals surface area contributed by atoms with E-state index in [0.717, 1.165) is 29.2 Å². The summed E-state index contributed by atoms with van der Waals surface area (Å²) in [4.78, 5) is 23.8. The van der Waals surface area contributed by atoms with Gasteiger partial charge in [-0.25, -0.2) is 0 Å². The first kappa shape index (κ1) is 16.2. The summed E-state index contributed by atoms with van der Waals surface area (Å²) >= 11 is 0. The van der Waals surface area contributed by atoms with Crippen molar-refractivity contribution in [2.45, 2.75) is 12.8 Å². The first-order chi connectivity index (χ1) is 12.8. The van der Waals surface area contributed by atoms with Gasteiger partial charge in [-0.1, -0.05) is 36.4 Å². The molecule has 2 aromatic carbocycles. The minimum absolute atomic E-state index is 0.0539. The molecule has 4 nitrogen and oxygen atoms in total. The van der Waals surface area contributed by atoms with Crippen molar-refractivity contribution < 1.29 is 4.79 Å². The number of carbonyl (C=O) groups excluding carboxylic acids is 1. The Morgan fingerprint density at radius 3 is 2.23 bits per heavy atom. The summed E-state index contributed by atoms with van der Waals surface area (Å²) in [5.41, 5.74) is 3.60. The number of pyridine rings is 1. The fraction of sp³-hybridized carbons (Fsp3) is 0.136. The highest BCUT2D eigenvalue weighted by atomic mass is 16.2. The van der Waals surface area contributed by atoms with Crippen LogP contribution in [0.1, 0.15) is 12.1 Å². The van der Waals surface area contributed by atoms with E-state index in [9.17, 15) is 4.79 Å². The average Bonchev–Trinajstić information content (AvgIpc) is 2.70. The average molecular weight is 341 g/mol. The van der Waals surface area contributed by atoms with E-state index >= 15 is 0 Å². The van der Waals surface area contributed by atoms with Crippen molar-refractivity contribution in [1.82, 2.24) is 4.98 Å². The first-order valence-electron chi connectivity index (χ1n) is 8.72. The molecule has 1 atom stereocenters. The lowest BCUT2D eigenvalue weighted by atomic mass is 9.96. The summed E-state index contributed by atoms with van der Waals surface area (Å²) in [6.07, 6.45) is 4.79. The molecule has 0 aliphatic carbocycles. The number of aliphatic imine (C=N–C) groups is 1. The molecule has 0 fully saturated rings. The van der Waals surface area contributed by atoms with Gasteiger partial charge >= 0.3 is 0 Å². The molecule has 1 amide bonds. The summed E-state index contributed by atoms with van der Waals surface area (Å²) in [7, 11) is 0. The van der Waals surface area contributed by atoms with Crippen LogP contribution < -0.4 is 4.90 Å². The second-order valence-corrected chi connectivity index (χ2v) is 6.32. The number of nitrogens with zero attached hydrogens (tertiary/aromatic N) is 3. The Balaban J connectivity index is 1.58. The maximum Gasteiger partial charge on any atom is 0.232 e. The van der Waals surface area contributed by atoms with Gasteiger partial charge in [0.25, 0.3) is 0 Å². The third-order valence-corrected chi connectivity index (χ3v) is 4.46. The maximum absolute atomic E-state index is 13.2. The largest absolute Gasteiger partial charge is 0.281 e. The quantitative estimate of drug-likeness (QED) is 0.690. The van der Waals surface area contributed by atoms with E-state index in [1.807, 2.05) is 79.0 Å². The van der Waals surface area contributed by atoms with Crippen molar-refractivity contribution in [3.8, 4) is 0 Å². The molecule has 0 saturated carbocycles. The Bertz CT molecular complexity index is 883. The number of para-hydroxylation sites is 2. The van der Waals surface area contributed by atoms with E-state index in [1.165, 1.54) is 0 Å². The highest BCUT2D eigenvalue weighted by Crippen LogP contribution is 2.29. The van der Waals surface area contributed by atoms with E-state index in [-0.39, 0.29) is 11.8 Å². The fourth-order valence-electron chi connectivity index (χ4n) is 3.22. The van der Waals surface area contributed by atoms with E-state index in [0.29, 0.717) is 6.42 Å². The van der Waals surface area contributed by atoms with Crippen LogP contribution in [-0.2, 0) is 11.2 Å². The number of amides is 1. The SMILES string of the molecule is O=C(CC1C=Nc2cccnc2C1)N(c1ccccc1)c1ccccc1. The molecule has 0 bridgehead atoms. The van der Waals surface area contributed by atoms with Gasteiger partial charge in [0.05, 0.1) is 11.4 Å². The van der Waals surface area contributed by atoms with Crippen molar-refractivity contribution in [1.29, 1.82) is 0 Å². The number of hydrogen-bond acceptors (Lipinski definition) is 3. The predicted octanol–water partition coefficient (Wildman–Crippen LogP) is 4.71. The zero-order valence-electron chi connectivity index (χ0n) is 14.3. The minimum atomic E-state index is 0.0539. The van der Waals surface area contributed by atoms with Crippen LogP contribution in [-0.4, -0.2) is 17.1 Å². The normalized spacial score (nSPS) is 15.3.